The molecule has 3 aliphatic carbocycles. The molecule has 3 saturated carbocycles. The molecule has 3 saturated heterocycles. The van der Waals surface area contributed by atoms with Crippen LogP contribution in [0.4, 0.5) is 0 Å². The lowest BCUT2D eigenvalue weighted by atomic mass is 9.68. The first-order chi connectivity index (χ1) is 16.0. The van der Waals surface area contributed by atoms with Crippen LogP contribution >= 0.6 is 0 Å². The van der Waals surface area contributed by atoms with E-state index >= 15 is 0 Å². The zero-order valence-electron chi connectivity index (χ0n) is 19.7. The van der Waals surface area contributed by atoms with E-state index in [1.807, 2.05) is 12.1 Å². The minimum absolute atomic E-state index is 0.0928. The number of carbonyl (C=O) groups excluding carboxylic acids is 1. The Bertz CT molecular complexity index is 951. The minimum atomic E-state index is -0.662. The SMILES string of the molecule is C[C@H](c1ccc(C=O)cc1)[C@@H]1C[C@@H]([C@@H]2C[C@@H]3CC[C@@H]4CCC[C@@]45[C@@H](O)C[C@H]3[C@@H]5N2)[C@]2(O)CN12. The van der Waals surface area contributed by atoms with Gasteiger partial charge in [-0.15, -0.1) is 0 Å². The van der Waals surface area contributed by atoms with Gasteiger partial charge in [0.05, 0.1) is 6.10 Å². The molecule has 0 aromatic heterocycles. The average Bonchev–Trinajstić information content (AvgIpc) is 3.11. The van der Waals surface area contributed by atoms with Gasteiger partial charge in [0.2, 0.25) is 0 Å². The molecule has 33 heavy (non-hydrogen) atoms. The molecule has 1 aromatic rings. The van der Waals surface area contributed by atoms with Crippen molar-refractivity contribution in [1.82, 2.24) is 10.2 Å². The lowest BCUT2D eigenvalue weighted by Crippen LogP contribution is -2.59. The summed E-state index contributed by atoms with van der Waals surface area (Å²) in [6, 6.07) is 9.10. The largest absolute Gasteiger partial charge is 0.392 e. The van der Waals surface area contributed by atoms with Crippen molar-refractivity contribution in [3.05, 3.63) is 35.4 Å². The highest BCUT2D eigenvalue weighted by Gasteiger charge is 2.70. The summed E-state index contributed by atoms with van der Waals surface area (Å²) in [4.78, 5) is 13.4. The fourth-order valence-electron chi connectivity index (χ4n) is 9.77. The van der Waals surface area contributed by atoms with Gasteiger partial charge in [0, 0.05) is 41.6 Å². The molecule has 6 aliphatic rings. The molecule has 1 aromatic carbocycles. The summed E-state index contributed by atoms with van der Waals surface area (Å²) in [6.07, 6.45) is 10.3. The molecule has 7 rings (SSSR count). The van der Waals surface area contributed by atoms with Gasteiger partial charge in [0.15, 0.2) is 0 Å². The zero-order chi connectivity index (χ0) is 22.5. The maximum atomic E-state index is 11.6. The van der Waals surface area contributed by atoms with Crippen LogP contribution in [0, 0.1) is 29.1 Å². The first-order valence-electron chi connectivity index (χ1n) is 13.4. The molecular formula is C28H38N2O3. The van der Waals surface area contributed by atoms with Gasteiger partial charge in [-0.1, -0.05) is 37.6 Å². The molecule has 3 heterocycles. The lowest BCUT2D eigenvalue weighted by molar-refractivity contribution is -0.0110. The molecule has 1 unspecified atom stereocenters. The van der Waals surface area contributed by atoms with Crippen LogP contribution in [0.25, 0.3) is 0 Å². The third-order valence-corrected chi connectivity index (χ3v) is 11.4. The van der Waals surface area contributed by atoms with E-state index in [1.54, 1.807) is 0 Å². The number of fused-ring (bicyclic) bond motifs is 1. The van der Waals surface area contributed by atoms with Gasteiger partial charge in [0.25, 0.3) is 0 Å². The van der Waals surface area contributed by atoms with Crippen molar-refractivity contribution in [2.45, 2.75) is 94.2 Å². The summed E-state index contributed by atoms with van der Waals surface area (Å²) in [5, 5.41) is 27.0. The van der Waals surface area contributed by atoms with E-state index in [0.717, 1.165) is 32.1 Å². The second-order valence-electron chi connectivity index (χ2n) is 12.4. The third-order valence-electron chi connectivity index (χ3n) is 11.4. The number of benzene rings is 1. The van der Waals surface area contributed by atoms with E-state index in [9.17, 15) is 15.0 Å². The van der Waals surface area contributed by atoms with Crippen LogP contribution in [0.15, 0.2) is 24.3 Å². The van der Waals surface area contributed by atoms with Gasteiger partial charge in [-0.25, -0.2) is 0 Å². The highest BCUT2D eigenvalue weighted by molar-refractivity contribution is 5.74. The maximum Gasteiger partial charge on any atom is 0.150 e. The van der Waals surface area contributed by atoms with Crippen LogP contribution in [0.5, 0.6) is 0 Å². The smallest absolute Gasteiger partial charge is 0.150 e. The molecule has 178 valence electrons. The molecule has 5 heteroatoms. The molecule has 6 fully saturated rings. The number of hydrogen-bond donors (Lipinski definition) is 3. The molecule has 5 nitrogen and oxygen atoms in total. The predicted octanol–water partition coefficient (Wildman–Crippen LogP) is 3.30. The minimum Gasteiger partial charge on any atom is -0.392 e. The van der Waals surface area contributed by atoms with Gasteiger partial charge >= 0.3 is 0 Å². The van der Waals surface area contributed by atoms with Crippen molar-refractivity contribution < 1.29 is 15.0 Å². The van der Waals surface area contributed by atoms with Gasteiger partial charge in [-0.3, -0.25) is 9.69 Å². The zero-order valence-corrected chi connectivity index (χ0v) is 19.7. The second-order valence-corrected chi connectivity index (χ2v) is 12.4. The molecular weight excluding hydrogens is 412 g/mol. The Morgan fingerprint density at radius 3 is 2.76 bits per heavy atom. The Kier molecular flexibility index (Phi) is 4.55. The topological polar surface area (TPSA) is 72.6 Å². The van der Waals surface area contributed by atoms with E-state index in [1.165, 1.54) is 37.7 Å². The number of nitrogens with one attached hydrogen (secondary N) is 1. The fraction of sp³-hybridized carbons (Fsp3) is 0.750. The molecule has 3 N–H and O–H groups in total. The average molecular weight is 451 g/mol. The summed E-state index contributed by atoms with van der Waals surface area (Å²) in [6.45, 7) is 3.06. The van der Waals surface area contributed by atoms with Crippen LogP contribution in [0.1, 0.15) is 80.1 Å². The highest BCUT2D eigenvalue weighted by atomic mass is 16.3. The quantitative estimate of drug-likeness (QED) is 0.485. The van der Waals surface area contributed by atoms with Crippen molar-refractivity contribution in [2.75, 3.05) is 6.54 Å². The van der Waals surface area contributed by atoms with Crippen LogP contribution in [-0.2, 0) is 0 Å². The highest BCUT2D eigenvalue weighted by Crippen LogP contribution is 2.64. The van der Waals surface area contributed by atoms with E-state index in [0.29, 0.717) is 47.4 Å². The molecule has 4 bridgehead atoms. The number of piperidine rings is 2. The standard InChI is InChI=1S/C28H38N2O3/c1-16(18-6-4-17(14-31)5-7-18)24-13-22(28(33)15-30(24)28)23-11-19-8-9-20-3-2-10-27(20)25(32)12-21(19)26(27)29-23/h4-7,14,16,19-26,29,32-33H,2-3,8-13,15H2,1H3/t16-,19+,20+,21-,22+,23+,24+,25+,26+,27+,28-,30?/m1/s1. The Labute approximate surface area is 196 Å². The van der Waals surface area contributed by atoms with E-state index in [-0.39, 0.29) is 17.4 Å². The lowest BCUT2D eigenvalue weighted by Gasteiger charge is -2.47. The summed E-state index contributed by atoms with van der Waals surface area (Å²) < 4.78 is 0. The van der Waals surface area contributed by atoms with Gasteiger partial charge < -0.3 is 15.5 Å². The van der Waals surface area contributed by atoms with Crippen molar-refractivity contribution in [1.29, 1.82) is 0 Å². The Hall–Kier alpha value is -1.27. The second kappa shape index (κ2) is 7.13. The van der Waals surface area contributed by atoms with Gasteiger partial charge in [-0.2, -0.15) is 0 Å². The van der Waals surface area contributed by atoms with Crippen LogP contribution < -0.4 is 5.32 Å². The number of nitrogens with zero attached hydrogens (tertiary/aromatic N) is 1. The number of rotatable bonds is 4. The molecule has 0 radical (unpaired) electrons. The predicted molar refractivity (Wildman–Crippen MR) is 126 cm³/mol. The Morgan fingerprint density at radius 2 is 1.97 bits per heavy atom. The monoisotopic (exact) mass is 450 g/mol. The van der Waals surface area contributed by atoms with E-state index in [2.05, 4.69) is 29.3 Å². The third kappa shape index (κ3) is 2.77. The summed E-state index contributed by atoms with van der Waals surface area (Å²) in [5.41, 5.74) is 1.40. The first-order valence-corrected chi connectivity index (χ1v) is 13.4. The number of aldehydes is 1. The molecule has 3 aliphatic heterocycles. The molecule has 0 amide bonds. The number of carbonyl (C=O) groups is 1. The Balaban J connectivity index is 1.15. The van der Waals surface area contributed by atoms with Crippen LogP contribution in [0.2, 0.25) is 0 Å². The van der Waals surface area contributed by atoms with Crippen molar-refractivity contribution in [2.24, 2.45) is 29.1 Å². The van der Waals surface area contributed by atoms with Crippen LogP contribution in [-0.4, -0.2) is 57.9 Å². The number of aliphatic hydroxyl groups is 2. The normalized spacial score (nSPS) is 52.6. The van der Waals surface area contributed by atoms with E-state index in [4.69, 9.17) is 0 Å². The van der Waals surface area contributed by atoms with Crippen molar-refractivity contribution in [3.8, 4) is 0 Å². The number of hydrogen-bond acceptors (Lipinski definition) is 5. The summed E-state index contributed by atoms with van der Waals surface area (Å²) in [5.74, 6) is 2.59. The maximum absolute atomic E-state index is 11.6. The van der Waals surface area contributed by atoms with Crippen molar-refractivity contribution >= 4 is 6.29 Å². The summed E-state index contributed by atoms with van der Waals surface area (Å²) in [7, 11) is 0. The summed E-state index contributed by atoms with van der Waals surface area (Å²) >= 11 is 0. The number of aliphatic hydroxyl groups excluding tert-OH is 1. The van der Waals surface area contributed by atoms with Gasteiger partial charge in [0.1, 0.15) is 12.0 Å². The molecule has 1 spiro atoms. The van der Waals surface area contributed by atoms with Crippen LogP contribution in [0.3, 0.4) is 0 Å². The first kappa shape index (κ1) is 21.0. The Morgan fingerprint density at radius 1 is 1.15 bits per heavy atom. The van der Waals surface area contributed by atoms with Gasteiger partial charge in [-0.05, 0) is 74.2 Å². The molecule has 12 atom stereocenters. The fourth-order valence-corrected chi connectivity index (χ4v) is 9.77. The van der Waals surface area contributed by atoms with E-state index < -0.39 is 5.72 Å². The van der Waals surface area contributed by atoms with Crippen molar-refractivity contribution in [3.63, 3.8) is 0 Å².